The zero-order chi connectivity index (χ0) is 29.1. The number of hydrogen-bond acceptors (Lipinski definition) is 7. The molecular formula is C29H32F2N4O5S. The molecule has 9 nitrogen and oxygen atoms in total. The number of nitrogens with zero attached hydrogens (tertiary/aromatic N) is 4. The number of rotatable bonds is 7. The number of amides is 1. The molecule has 0 atom stereocenters. The zero-order valence-electron chi connectivity index (χ0n) is 22.9. The van der Waals surface area contributed by atoms with Gasteiger partial charge in [0.2, 0.25) is 15.9 Å². The molecule has 41 heavy (non-hydrogen) atoms. The van der Waals surface area contributed by atoms with E-state index in [1.165, 1.54) is 29.4 Å². The van der Waals surface area contributed by atoms with Gasteiger partial charge in [-0.15, -0.1) is 0 Å². The Morgan fingerprint density at radius 2 is 1.73 bits per heavy atom. The Hall–Kier alpha value is -3.77. The number of piperidine rings is 1. The predicted octanol–water partition coefficient (Wildman–Crippen LogP) is 4.19. The van der Waals surface area contributed by atoms with Crippen LogP contribution < -0.4 is 9.64 Å². The fourth-order valence-corrected chi connectivity index (χ4v) is 7.11. The van der Waals surface area contributed by atoms with Crippen molar-refractivity contribution in [3.63, 3.8) is 0 Å². The predicted molar refractivity (Wildman–Crippen MR) is 150 cm³/mol. The number of aromatic nitrogens is 1. The molecule has 2 saturated heterocycles. The normalized spacial score (nSPS) is 17.4. The lowest BCUT2D eigenvalue weighted by atomic mass is 9.96. The van der Waals surface area contributed by atoms with Crippen molar-refractivity contribution >= 4 is 33.8 Å². The molecule has 2 aliphatic rings. The Bertz CT molecular complexity index is 1540. The van der Waals surface area contributed by atoms with E-state index < -0.39 is 21.7 Å². The Balaban J connectivity index is 1.21. The van der Waals surface area contributed by atoms with Gasteiger partial charge in [-0.2, -0.15) is 4.31 Å². The van der Waals surface area contributed by atoms with Crippen molar-refractivity contribution in [2.75, 3.05) is 51.3 Å². The summed E-state index contributed by atoms with van der Waals surface area (Å²) in [6.45, 7) is 4.42. The Kier molecular flexibility index (Phi) is 8.41. The Morgan fingerprint density at radius 3 is 2.41 bits per heavy atom. The number of methoxy groups -OCH3 is 1. The van der Waals surface area contributed by atoms with E-state index in [0.29, 0.717) is 39.0 Å². The molecule has 12 heteroatoms. The van der Waals surface area contributed by atoms with Crippen molar-refractivity contribution in [3.05, 3.63) is 71.1 Å². The van der Waals surface area contributed by atoms with E-state index in [1.54, 1.807) is 7.11 Å². The molecule has 3 aromatic rings. The van der Waals surface area contributed by atoms with Crippen LogP contribution in [-0.4, -0.2) is 75.1 Å². The molecule has 0 saturated carbocycles. The van der Waals surface area contributed by atoms with Gasteiger partial charge in [-0.25, -0.2) is 17.2 Å². The highest BCUT2D eigenvalue weighted by molar-refractivity contribution is 7.89. The maximum atomic E-state index is 14.0. The molecular weight excluding hydrogens is 554 g/mol. The van der Waals surface area contributed by atoms with Gasteiger partial charge in [-0.3, -0.25) is 4.79 Å². The van der Waals surface area contributed by atoms with Crippen LogP contribution >= 0.6 is 0 Å². The van der Waals surface area contributed by atoms with Crippen LogP contribution in [0.15, 0.2) is 51.9 Å². The number of benzene rings is 2. The second-order valence-electron chi connectivity index (χ2n) is 10.1. The summed E-state index contributed by atoms with van der Waals surface area (Å²) in [6, 6.07) is 10.9. The van der Waals surface area contributed by atoms with Crippen molar-refractivity contribution in [3.8, 4) is 5.75 Å². The first-order valence-electron chi connectivity index (χ1n) is 13.5. The van der Waals surface area contributed by atoms with Crippen LogP contribution in [-0.2, 0) is 14.8 Å². The molecule has 0 N–H and O–H groups in total. The lowest BCUT2D eigenvalue weighted by Crippen LogP contribution is -2.52. The summed E-state index contributed by atoms with van der Waals surface area (Å²) in [4.78, 5) is 17.3. The van der Waals surface area contributed by atoms with Crippen molar-refractivity contribution in [2.24, 2.45) is 5.92 Å². The SMILES string of the molecule is COc1ccccc1N1CCN(C(=O)C2CCN(S(=O)(=O)c3c(C)noc3/C=C/c3ccc(F)cc3F)CC2)CC1. The third-order valence-electron chi connectivity index (χ3n) is 7.63. The van der Waals surface area contributed by atoms with Crippen molar-refractivity contribution in [2.45, 2.75) is 24.7 Å². The molecule has 2 aliphatic heterocycles. The van der Waals surface area contributed by atoms with E-state index in [2.05, 4.69) is 10.1 Å². The second-order valence-corrected chi connectivity index (χ2v) is 12.0. The summed E-state index contributed by atoms with van der Waals surface area (Å²) in [6.07, 6.45) is 3.43. The van der Waals surface area contributed by atoms with Crippen LogP contribution in [0.5, 0.6) is 5.75 Å². The number of sulfonamides is 1. The molecule has 218 valence electrons. The Labute approximate surface area is 238 Å². The summed E-state index contributed by atoms with van der Waals surface area (Å²) in [5.41, 5.74) is 1.25. The highest BCUT2D eigenvalue weighted by Crippen LogP contribution is 2.31. The van der Waals surface area contributed by atoms with Gasteiger partial charge in [0.1, 0.15) is 23.1 Å². The highest BCUT2D eigenvalue weighted by Gasteiger charge is 2.37. The quantitative estimate of drug-likeness (QED) is 0.410. The van der Waals surface area contributed by atoms with Gasteiger partial charge in [0, 0.05) is 56.8 Å². The van der Waals surface area contributed by atoms with Crippen molar-refractivity contribution in [1.29, 1.82) is 0 Å². The second kappa shape index (κ2) is 12.0. The van der Waals surface area contributed by atoms with Crippen LogP contribution in [0.3, 0.4) is 0 Å². The first-order valence-corrected chi connectivity index (χ1v) is 14.9. The molecule has 0 aliphatic carbocycles. The summed E-state index contributed by atoms with van der Waals surface area (Å²) in [7, 11) is -2.35. The van der Waals surface area contributed by atoms with E-state index in [1.807, 2.05) is 29.2 Å². The standard InChI is InChI=1S/C29H32F2N4O5S/c1-20-28(27(40-32-20)10-8-21-7-9-23(30)19-24(21)31)41(37,38)35-13-11-22(12-14-35)29(36)34-17-15-33(16-18-34)25-5-3-4-6-26(25)39-2/h3-10,19,22H,11-18H2,1-2H3/b10-8+. The number of anilines is 1. The van der Waals surface area contributed by atoms with Crippen LogP contribution in [0.25, 0.3) is 12.2 Å². The van der Waals surface area contributed by atoms with Gasteiger partial charge < -0.3 is 19.1 Å². The number of para-hydroxylation sites is 2. The lowest BCUT2D eigenvalue weighted by Gasteiger charge is -2.39. The van der Waals surface area contributed by atoms with Crippen molar-refractivity contribution in [1.82, 2.24) is 14.4 Å². The molecule has 5 rings (SSSR count). The molecule has 1 aromatic heterocycles. The summed E-state index contributed by atoms with van der Waals surface area (Å²) in [5, 5.41) is 3.81. The minimum absolute atomic E-state index is 0.0441. The number of ether oxygens (including phenoxy) is 1. The topological polar surface area (TPSA) is 96.2 Å². The molecule has 1 amide bonds. The average molecular weight is 587 g/mol. The van der Waals surface area contributed by atoms with E-state index in [0.717, 1.165) is 23.6 Å². The maximum Gasteiger partial charge on any atom is 0.248 e. The molecule has 0 radical (unpaired) electrons. The van der Waals surface area contributed by atoms with Gasteiger partial charge >= 0.3 is 0 Å². The van der Waals surface area contributed by atoms with Crippen LogP contribution in [0.1, 0.15) is 29.9 Å². The van der Waals surface area contributed by atoms with Gasteiger partial charge in [-0.05, 0) is 56.2 Å². The van der Waals surface area contributed by atoms with Gasteiger partial charge in [0.25, 0.3) is 0 Å². The van der Waals surface area contributed by atoms with Crippen molar-refractivity contribution < 1.29 is 31.3 Å². The van der Waals surface area contributed by atoms with E-state index in [-0.39, 0.29) is 46.8 Å². The molecule has 2 aromatic carbocycles. The number of hydrogen-bond donors (Lipinski definition) is 0. The molecule has 0 spiro atoms. The minimum Gasteiger partial charge on any atom is -0.495 e. The first-order chi connectivity index (χ1) is 19.7. The third-order valence-corrected chi connectivity index (χ3v) is 9.69. The summed E-state index contributed by atoms with van der Waals surface area (Å²) in [5.74, 6) is -0.954. The van der Waals surface area contributed by atoms with Crippen LogP contribution in [0.2, 0.25) is 0 Å². The monoisotopic (exact) mass is 586 g/mol. The molecule has 3 heterocycles. The molecule has 2 fully saturated rings. The molecule has 0 bridgehead atoms. The average Bonchev–Trinajstić information content (AvgIpc) is 3.37. The fourth-order valence-electron chi connectivity index (χ4n) is 5.39. The van der Waals surface area contributed by atoms with Gasteiger partial charge in [0.05, 0.1) is 12.8 Å². The van der Waals surface area contributed by atoms with Crippen LogP contribution in [0.4, 0.5) is 14.5 Å². The number of carbonyl (C=O) groups excluding carboxylic acids is 1. The highest BCUT2D eigenvalue weighted by atomic mass is 32.2. The summed E-state index contributed by atoms with van der Waals surface area (Å²) < 4.78 is 66.5. The number of aryl methyl sites for hydroxylation is 1. The number of piperazine rings is 1. The molecule has 0 unspecified atom stereocenters. The minimum atomic E-state index is -3.99. The smallest absolute Gasteiger partial charge is 0.248 e. The summed E-state index contributed by atoms with van der Waals surface area (Å²) >= 11 is 0. The van der Waals surface area contributed by atoms with E-state index in [9.17, 15) is 22.0 Å². The maximum absolute atomic E-state index is 14.0. The van der Waals surface area contributed by atoms with Crippen LogP contribution in [0, 0.1) is 24.5 Å². The lowest BCUT2D eigenvalue weighted by molar-refractivity contribution is -0.137. The first kappa shape index (κ1) is 28.7. The third kappa shape index (κ3) is 5.98. The largest absolute Gasteiger partial charge is 0.495 e. The fraction of sp³-hybridized carbons (Fsp3) is 0.379. The number of halogens is 2. The van der Waals surface area contributed by atoms with Gasteiger partial charge in [0.15, 0.2) is 10.7 Å². The number of carbonyl (C=O) groups is 1. The van der Waals surface area contributed by atoms with Gasteiger partial charge in [-0.1, -0.05) is 17.3 Å². The van der Waals surface area contributed by atoms with E-state index >= 15 is 0 Å². The van der Waals surface area contributed by atoms with E-state index in [4.69, 9.17) is 9.26 Å². The Morgan fingerprint density at radius 1 is 1.02 bits per heavy atom. The zero-order valence-corrected chi connectivity index (χ0v) is 23.7.